The molecule has 38 heavy (non-hydrogen) atoms. The molecule has 5 rings (SSSR count). The average molecular weight is 533 g/mol. The van der Waals surface area contributed by atoms with E-state index in [1.54, 1.807) is 36.3 Å². The van der Waals surface area contributed by atoms with Crippen molar-refractivity contribution in [1.82, 2.24) is 14.6 Å². The van der Waals surface area contributed by atoms with Crippen LogP contribution in [0.4, 0.5) is 5.69 Å². The van der Waals surface area contributed by atoms with E-state index in [1.165, 1.54) is 0 Å². The number of hydrogen-bond donors (Lipinski definition) is 2. The number of para-hydroxylation sites is 1. The predicted octanol–water partition coefficient (Wildman–Crippen LogP) is 3.72. The molecule has 0 saturated carbocycles. The van der Waals surface area contributed by atoms with Crippen LogP contribution in [0.2, 0.25) is 0 Å². The van der Waals surface area contributed by atoms with Gasteiger partial charge < -0.3 is 19.5 Å². The lowest BCUT2D eigenvalue weighted by Crippen LogP contribution is -2.55. The second-order valence-electron chi connectivity index (χ2n) is 9.56. The Morgan fingerprint density at radius 3 is 2.34 bits per heavy atom. The Hall–Kier alpha value is -3.82. The van der Waals surface area contributed by atoms with Gasteiger partial charge >= 0.3 is 0 Å². The minimum absolute atomic E-state index is 0.143. The summed E-state index contributed by atoms with van der Waals surface area (Å²) in [5.74, 6) is 0.573. The van der Waals surface area contributed by atoms with Gasteiger partial charge in [-0.3, -0.25) is 4.79 Å². The van der Waals surface area contributed by atoms with Gasteiger partial charge in [0.1, 0.15) is 11.8 Å². The van der Waals surface area contributed by atoms with Gasteiger partial charge in [-0.05, 0) is 61.4 Å². The molecule has 3 aromatic carbocycles. The summed E-state index contributed by atoms with van der Waals surface area (Å²) in [7, 11) is -2.27. The molecule has 1 atom stereocenters. The van der Waals surface area contributed by atoms with Gasteiger partial charge in [0.15, 0.2) is 0 Å². The quantitative estimate of drug-likeness (QED) is 0.361. The topological polar surface area (TPSA) is 94.7 Å². The van der Waals surface area contributed by atoms with E-state index in [4.69, 9.17) is 4.74 Å². The Morgan fingerprint density at radius 2 is 1.66 bits per heavy atom. The highest BCUT2D eigenvalue weighted by molar-refractivity contribution is 7.89. The molecule has 2 heterocycles. The van der Waals surface area contributed by atoms with Crippen LogP contribution in [0.5, 0.6) is 5.75 Å². The molecule has 2 N–H and O–H groups in total. The lowest BCUT2D eigenvalue weighted by Gasteiger charge is -2.37. The van der Waals surface area contributed by atoms with Crippen LogP contribution in [-0.4, -0.2) is 63.5 Å². The van der Waals surface area contributed by atoms with Crippen LogP contribution in [0.25, 0.3) is 10.9 Å². The summed E-state index contributed by atoms with van der Waals surface area (Å²) in [4.78, 5) is 21.2. The van der Waals surface area contributed by atoms with Crippen molar-refractivity contribution in [3.05, 3.63) is 90.1 Å². The molecule has 1 fully saturated rings. The van der Waals surface area contributed by atoms with Crippen molar-refractivity contribution in [2.24, 2.45) is 0 Å². The molecule has 1 aliphatic heterocycles. The van der Waals surface area contributed by atoms with Crippen molar-refractivity contribution < 1.29 is 17.9 Å². The molecule has 0 bridgehead atoms. The number of carbonyl (C=O) groups is 1. The van der Waals surface area contributed by atoms with E-state index in [-0.39, 0.29) is 17.2 Å². The monoisotopic (exact) mass is 532 g/mol. The minimum Gasteiger partial charge on any atom is -0.497 e. The number of amides is 1. The van der Waals surface area contributed by atoms with Gasteiger partial charge in [0.05, 0.1) is 12.0 Å². The predicted molar refractivity (Wildman–Crippen MR) is 149 cm³/mol. The molecule has 1 aromatic heterocycles. The van der Waals surface area contributed by atoms with Gasteiger partial charge in [-0.25, -0.2) is 8.42 Å². The number of nitrogens with zero attached hydrogens (tertiary/aromatic N) is 2. The minimum atomic E-state index is -3.91. The first kappa shape index (κ1) is 25.8. The van der Waals surface area contributed by atoms with E-state index in [0.29, 0.717) is 26.2 Å². The van der Waals surface area contributed by atoms with Crippen LogP contribution in [0.15, 0.2) is 83.9 Å². The number of hydrogen-bond acceptors (Lipinski definition) is 5. The highest BCUT2D eigenvalue weighted by Gasteiger charge is 2.32. The van der Waals surface area contributed by atoms with Gasteiger partial charge in [-0.1, -0.05) is 35.9 Å². The molecule has 198 valence electrons. The zero-order valence-corrected chi connectivity index (χ0v) is 22.4. The smallest absolute Gasteiger partial charge is 0.241 e. The lowest BCUT2D eigenvalue weighted by molar-refractivity contribution is -0.133. The van der Waals surface area contributed by atoms with Crippen LogP contribution >= 0.6 is 0 Å². The lowest BCUT2D eigenvalue weighted by atomic mass is 10.0. The Morgan fingerprint density at radius 1 is 0.974 bits per heavy atom. The van der Waals surface area contributed by atoms with Gasteiger partial charge in [-0.2, -0.15) is 4.72 Å². The highest BCUT2D eigenvalue weighted by Crippen LogP contribution is 2.23. The molecule has 1 aliphatic rings. The number of aryl methyl sites for hydroxylation is 1. The van der Waals surface area contributed by atoms with Crippen LogP contribution in [0.1, 0.15) is 11.1 Å². The maximum Gasteiger partial charge on any atom is 0.241 e. The van der Waals surface area contributed by atoms with Crippen molar-refractivity contribution in [2.45, 2.75) is 24.3 Å². The number of ether oxygens (including phenoxy) is 1. The summed E-state index contributed by atoms with van der Waals surface area (Å²) in [5.41, 5.74) is 3.86. The number of methoxy groups -OCH3 is 1. The van der Waals surface area contributed by atoms with E-state index in [0.717, 1.165) is 33.5 Å². The Labute approximate surface area is 223 Å². The maximum absolute atomic E-state index is 13.8. The molecule has 8 nitrogen and oxygen atoms in total. The second-order valence-corrected chi connectivity index (χ2v) is 11.3. The number of anilines is 1. The summed E-state index contributed by atoms with van der Waals surface area (Å²) in [5, 5.41) is 0.976. The zero-order chi connectivity index (χ0) is 26.7. The first-order valence-electron chi connectivity index (χ1n) is 12.7. The van der Waals surface area contributed by atoms with E-state index >= 15 is 0 Å². The average Bonchev–Trinajstić information content (AvgIpc) is 3.35. The fourth-order valence-corrected chi connectivity index (χ4v) is 6.06. The first-order valence-corrected chi connectivity index (χ1v) is 14.1. The largest absolute Gasteiger partial charge is 0.497 e. The SMILES string of the molecule is COc1ccc(N2CCN(C(=O)[C@H](Cc3c[nH]c4ccccc34)NS(=O)(=O)c3ccc(C)cc3)CC2)cc1. The number of rotatable bonds is 8. The third-order valence-electron chi connectivity index (χ3n) is 7.05. The van der Waals surface area contributed by atoms with E-state index in [1.807, 2.05) is 61.7 Å². The van der Waals surface area contributed by atoms with Crippen molar-refractivity contribution in [3.8, 4) is 5.75 Å². The summed E-state index contributed by atoms with van der Waals surface area (Å²) in [6.45, 7) is 4.22. The second kappa shape index (κ2) is 10.9. The number of nitrogens with one attached hydrogen (secondary N) is 2. The Kier molecular flexibility index (Phi) is 7.40. The summed E-state index contributed by atoms with van der Waals surface area (Å²) in [6, 6.07) is 21.4. The molecule has 4 aromatic rings. The summed E-state index contributed by atoms with van der Waals surface area (Å²) < 4.78 is 34.6. The van der Waals surface area contributed by atoms with Crippen LogP contribution < -0.4 is 14.4 Å². The van der Waals surface area contributed by atoms with Crippen molar-refractivity contribution in [2.75, 3.05) is 38.2 Å². The number of aromatic amines is 1. The standard InChI is InChI=1S/C29H32N4O4S/c1-21-7-13-25(14-8-21)38(35,36)31-28(19-22-20-30-27-6-4-3-5-26(22)27)29(34)33-17-15-32(16-18-33)23-9-11-24(37-2)12-10-23/h3-14,20,28,30-31H,15-19H2,1-2H3/t28-/m0/s1. The van der Waals surface area contributed by atoms with Crippen LogP contribution in [0, 0.1) is 6.92 Å². The number of sulfonamides is 1. The molecule has 1 amide bonds. The van der Waals surface area contributed by atoms with Gasteiger partial charge in [0, 0.05) is 49.0 Å². The molecule has 9 heteroatoms. The van der Waals surface area contributed by atoms with Crippen molar-refractivity contribution in [3.63, 3.8) is 0 Å². The number of H-pyrrole nitrogens is 1. The number of fused-ring (bicyclic) bond motifs is 1. The van der Waals surface area contributed by atoms with Crippen LogP contribution in [0.3, 0.4) is 0 Å². The van der Waals surface area contributed by atoms with E-state index in [2.05, 4.69) is 14.6 Å². The number of aromatic nitrogens is 1. The summed E-state index contributed by atoms with van der Waals surface area (Å²) in [6.07, 6.45) is 2.10. The molecular formula is C29H32N4O4S. The number of piperazine rings is 1. The number of benzene rings is 3. The van der Waals surface area contributed by atoms with Gasteiger partial charge in [0.25, 0.3) is 0 Å². The Bertz CT molecular complexity index is 1510. The molecule has 0 spiro atoms. The normalized spacial score (nSPS) is 15.0. The zero-order valence-electron chi connectivity index (χ0n) is 21.6. The van der Waals surface area contributed by atoms with Crippen molar-refractivity contribution in [1.29, 1.82) is 0 Å². The third kappa shape index (κ3) is 5.54. The Balaban J connectivity index is 1.36. The molecule has 0 unspecified atom stereocenters. The van der Waals surface area contributed by atoms with Crippen LogP contribution in [-0.2, 0) is 21.2 Å². The fourth-order valence-electron chi connectivity index (χ4n) is 4.87. The molecule has 0 radical (unpaired) electrons. The maximum atomic E-state index is 13.8. The van der Waals surface area contributed by atoms with Gasteiger partial charge in [-0.15, -0.1) is 0 Å². The number of carbonyl (C=O) groups excluding carboxylic acids is 1. The third-order valence-corrected chi connectivity index (χ3v) is 8.54. The van der Waals surface area contributed by atoms with E-state index < -0.39 is 16.1 Å². The van der Waals surface area contributed by atoms with Crippen molar-refractivity contribution >= 4 is 32.5 Å². The van der Waals surface area contributed by atoms with Gasteiger partial charge in [0.2, 0.25) is 15.9 Å². The van der Waals surface area contributed by atoms with E-state index in [9.17, 15) is 13.2 Å². The molecular weight excluding hydrogens is 500 g/mol. The molecule has 1 saturated heterocycles. The fraction of sp³-hybridized carbons (Fsp3) is 0.276. The first-order chi connectivity index (χ1) is 18.3. The highest BCUT2D eigenvalue weighted by atomic mass is 32.2. The summed E-state index contributed by atoms with van der Waals surface area (Å²) >= 11 is 0. The molecule has 0 aliphatic carbocycles.